The molecule has 0 bridgehead atoms. The van der Waals surface area contributed by atoms with Crippen LogP contribution < -0.4 is 10.2 Å². The van der Waals surface area contributed by atoms with Crippen LogP contribution >= 0.6 is 0 Å². The molecule has 27 heavy (non-hydrogen) atoms. The molecule has 1 unspecified atom stereocenters. The lowest BCUT2D eigenvalue weighted by Gasteiger charge is -2.48. The van der Waals surface area contributed by atoms with E-state index in [0.717, 1.165) is 0 Å². The van der Waals surface area contributed by atoms with E-state index < -0.39 is 11.6 Å². The van der Waals surface area contributed by atoms with Crippen molar-refractivity contribution in [3.63, 3.8) is 0 Å². The number of rotatable bonds is 7. The summed E-state index contributed by atoms with van der Waals surface area (Å²) >= 11 is 0. The number of carboxylic acid groups (broad SMARTS) is 1. The second kappa shape index (κ2) is 7.38. The predicted octanol–water partition coefficient (Wildman–Crippen LogP) is 1.36. The molecule has 1 fully saturated rings. The zero-order chi connectivity index (χ0) is 19.6. The molecule has 3 rings (SSSR count). The largest absolute Gasteiger partial charge is 0.481 e. The summed E-state index contributed by atoms with van der Waals surface area (Å²) in [6, 6.07) is 6.95. The molecule has 8 heteroatoms. The summed E-state index contributed by atoms with van der Waals surface area (Å²) in [5.74, 6) is -1.51. The van der Waals surface area contributed by atoms with Crippen LogP contribution in [0.25, 0.3) is 0 Å². The maximum absolute atomic E-state index is 13.0. The van der Waals surface area contributed by atoms with Crippen LogP contribution in [0.2, 0.25) is 0 Å². The third-order valence-corrected chi connectivity index (χ3v) is 5.19. The number of nitrogens with one attached hydrogen (secondary N) is 1. The normalized spacial score (nSPS) is 21.1. The lowest BCUT2D eigenvalue weighted by molar-refractivity contribution is -0.137. The number of unbranched alkanes of at least 4 members (excludes halogenated alkanes) is 1. The Balaban J connectivity index is 1.71. The van der Waals surface area contributed by atoms with Crippen LogP contribution in [0.1, 0.15) is 49.4 Å². The molecule has 0 radical (unpaired) electrons. The van der Waals surface area contributed by atoms with Crippen LogP contribution in [0.5, 0.6) is 0 Å². The fraction of sp³-hybridized carbons (Fsp3) is 0.474. The van der Waals surface area contributed by atoms with E-state index in [2.05, 4.69) is 5.32 Å². The quantitative estimate of drug-likeness (QED) is 0.702. The topological polar surface area (TPSA) is 107 Å². The molecule has 1 aromatic carbocycles. The molecule has 144 valence electrons. The summed E-state index contributed by atoms with van der Waals surface area (Å²) in [4.78, 5) is 51.4. The summed E-state index contributed by atoms with van der Waals surface area (Å²) < 4.78 is 0. The van der Waals surface area contributed by atoms with E-state index in [4.69, 9.17) is 5.11 Å². The maximum atomic E-state index is 13.0. The first kappa shape index (κ1) is 18.9. The second-order valence-electron chi connectivity index (χ2n) is 7.06. The lowest BCUT2D eigenvalue weighted by Crippen LogP contribution is -2.63. The van der Waals surface area contributed by atoms with Crippen molar-refractivity contribution in [2.75, 3.05) is 18.0 Å². The number of amides is 3. The van der Waals surface area contributed by atoms with E-state index in [-0.39, 0.29) is 30.7 Å². The van der Waals surface area contributed by atoms with E-state index in [0.29, 0.717) is 43.5 Å². The smallest absolute Gasteiger partial charge is 0.303 e. The molecular weight excluding hydrogens is 350 g/mol. The first-order chi connectivity index (χ1) is 12.8. The van der Waals surface area contributed by atoms with Crippen LogP contribution in [0.3, 0.4) is 0 Å². The number of fused-ring (bicyclic) bond motifs is 3. The Morgan fingerprint density at radius 1 is 1.22 bits per heavy atom. The molecule has 1 saturated heterocycles. The fourth-order valence-electron chi connectivity index (χ4n) is 3.77. The average Bonchev–Trinajstić information content (AvgIpc) is 2.94. The van der Waals surface area contributed by atoms with Gasteiger partial charge in [0.25, 0.3) is 5.91 Å². The van der Waals surface area contributed by atoms with E-state index >= 15 is 0 Å². The molecule has 0 aliphatic carbocycles. The summed E-state index contributed by atoms with van der Waals surface area (Å²) in [6.07, 6.45) is 1.89. The van der Waals surface area contributed by atoms with Crippen LogP contribution in [0.15, 0.2) is 24.3 Å². The number of carboxylic acids is 1. The minimum Gasteiger partial charge on any atom is -0.481 e. The van der Waals surface area contributed by atoms with Crippen LogP contribution in [0.4, 0.5) is 5.69 Å². The Hall–Kier alpha value is -2.90. The third-order valence-electron chi connectivity index (χ3n) is 5.19. The van der Waals surface area contributed by atoms with Crippen molar-refractivity contribution in [3.8, 4) is 0 Å². The molecule has 2 N–H and O–H groups in total. The van der Waals surface area contributed by atoms with E-state index in [1.165, 1.54) is 4.90 Å². The molecule has 3 amide bonds. The number of anilines is 1. The first-order valence-electron chi connectivity index (χ1n) is 9.07. The summed E-state index contributed by atoms with van der Waals surface area (Å²) in [5, 5.41) is 11.3. The number of carbonyl (C=O) groups excluding carboxylic acids is 3. The SMILES string of the molecule is CC12CCC(=O)N1c1ccccc1C(=O)N2CC(=O)NCCCCC(=O)O. The number of benzene rings is 1. The Morgan fingerprint density at radius 2 is 1.96 bits per heavy atom. The maximum Gasteiger partial charge on any atom is 0.303 e. The number of hydrogen-bond donors (Lipinski definition) is 2. The summed E-state index contributed by atoms with van der Waals surface area (Å²) in [5.41, 5.74) is 0.153. The van der Waals surface area contributed by atoms with E-state index in [1.54, 1.807) is 29.2 Å². The van der Waals surface area contributed by atoms with Gasteiger partial charge in [0.05, 0.1) is 11.3 Å². The molecule has 2 heterocycles. The Bertz CT molecular complexity index is 793. The van der Waals surface area contributed by atoms with Gasteiger partial charge in [-0.25, -0.2) is 0 Å². The molecule has 1 aromatic rings. The van der Waals surface area contributed by atoms with Gasteiger partial charge < -0.3 is 15.3 Å². The number of carbonyl (C=O) groups is 4. The highest BCUT2D eigenvalue weighted by molar-refractivity contribution is 6.11. The van der Waals surface area contributed by atoms with Crippen molar-refractivity contribution in [2.24, 2.45) is 0 Å². The molecule has 0 spiro atoms. The van der Waals surface area contributed by atoms with Crippen molar-refractivity contribution < 1.29 is 24.3 Å². The molecule has 8 nitrogen and oxygen atoms in total. The average molecular weight is 373 g/mol. The zero-order valence-electron chi connectivity index (χ0n) is 15.2. The first-order valence-corrected chi connectivity index (χ1v) is 9.07. The van der Waals surface area contributed by atoms with Crippen LogP contribution in [-0.2, 0) is 14.4 Å². The summed E-state index contributed by atoms with van der Waals surface area (Å²) in [7, 11) is 0. The predicted molar refractivity (Wildman–Crippen MR) is 97.1 cm³/mol. The Morgan fingerprint density at radius 3 is 2.70 bits per heavy atom. The van der Waals surface area contributed by atoms with Gasteiger partial charge in [0.15, 0.2) is 0 Å². The second-order valence-corrected chi connectivity index (χ2v) is 7.06. The van der Waals surface area contributed by atoms with Gasteiger partial charge in [0, 0.05) is 19.4 Å². The van der Waals surface area contributed by atoms with Gasteiger partial charge in [-0.1, -0.05) is 12.1 Å². The van der Waals surface area contributed by atoms with Gasteiger partial charge >= 0.3 is 5.97 Å². The van der Waals surface area contributed by atoms with Crippen LogP contribution in [0, 0.1) is 0 Å². The third kappa shape index (κ3) is 3.51. The fourth-order valence-corrected chi connectivity index (χ4v) is 3.77. The van der Waals surface area contributed by atoms with Gasteiger partial charge in [-0.3, -0.25) is 24.1 Å². The number of hydrogen-bond acceptors (Lipinski definition) is 4. The summed E-state index contributed by atoms with van der Waals surface area (Å²) in [6.45, 7) is 2.02. The molecule has 2 aliphatic heterocycles. The number of aliphatic carboxylic acids is 1. The minimum absolute atomic E-state index is 0.0588. The van der Waals surface area contributed by atoms with Gasteiger partial charge in [0.1, 0.15) is 12.2 Å². The van der Waals surface area contributed by atoms with Crippen LogP contribution in [-0.4, -0.2) is 52.4 Å². The van der Waals surface area contributed by atoms with Crippen molar-refractivity contribution in [1.82, 2.24) is 10.2 Å². The zero-order valence-corrected chi connectivity index (χ0v) is 15.2. The van der Waals surface area contributed by atoms with Crippen molar-refractivity contribution >= 4 is 29.4 Å². The van der Waals surface area contributed by atoms with Gasteiger partial charge in [-0.2, -0.15) is 0 Å². The monoisotopic (exact) mass is 373 g/mol. The molecule has 0 saturated carbocycles. The number of para-hydroxylation sites is 1. The molecular formula is C19H23N3O5. The standard InChI is InChI=1S/C19H23N3O5/c1-19-10-9-16(24)22(19)14-7-3-2-6-13(14)18(27)21(19)12-15(23)20-11-5-4-8-17(25)26/h2-3,6-7H,4-5,8-12H2,1H3,(H,20,23)(H,25,26). The molecule has 1 atom stereocenters. The highest BCUT2D eigenvalue weighted by Gasteiger charge is 2.53. The number of nitrogens with zero attached hydrogens (tertiary/aromatic N) is 2. The highest BCUT2D eigenvalue weighted by Crippen LogP contribution is 2.43. The van der Waals surface area contributed by atoms with E-state index in [1.807, 2.05) is 6.92 Å². The Labute approximate surface area is 157 Å². The van der Waals surface area contributed by atoms with Gasteiger partial charge in [0.2, 0.25) is 11.8 Å². The van der Waals surface area contributed by atoms with Gasteiger partial charge in [-0.15, -0.1) is 0 Å². The lowest BCUT2D eigenvalue weighted by atomic mass is 9.98. The van der Waals surface area contributed by atoms with Gasteiger partial charge in [-0.05, 0) is 38.3 Å². The van der Waals surface area contributed by atoms with Crippen molar-refractivity contribution in [2.45, 2.75) is 44.7 Å². The highest BCUT2D eigenvalue weighted by atomic mass is 16.4. The molecule has 0 aromatic heterocycles. The molecule has 2 aliphatic rings. The van der Waals surface area contributed by atoms with E-state index in [9.17, 15) is 19.2 Å². The van der Waals surface area contributed by atoms with Crippen molar-refractivity contribution in [1.29, 1.82) is 0 Å². The van der Waals surface area contributed by atoms with Crippen molar-refractivity contribution in [3.05, 3.63) is 29.8 Å². The minimum atomic E-state index is -0.863. The Kier molecular flexibility index (Phi) is 5.16.